The number of pyridine rings is 1. The SMILES string of the molecule is Cc1cc(C)cc(N2C(=S)N[C@H](c3ccccn3)[C@@H]2c2ccco2)c1. The monoisotopic (exact) mass is 349 g/mol. The molecule has 2 atom stereocenters. The molecule has 4 nitrogen and oxygen atoms in total. The summed E-state index contributed by atoms with van der Waals surface area (Å²) >= 11 is 5.68. The van der Waals surface area contributed by atoms with Crippen molar-refractivity contribution in [1.82, 2.24) is 10.3 Å². The molecule has 25 heavy (non-hydrogen) atoms. The lowest BCUT2D eigenvalue weighted by atomic mass is 10.0. The number of aromatic nitrogens is 1. The van der Waals surface area contributed by atoms with Crippen LogP contribution < -0.4 is 10.2 Å². The summed E-state index contributed by atoms with van der Waals surface area (Å²) in [5.41, 5.74) is 4.42. The van der Waals surface area contributed by atoms with E-state index < -0.39 is 0 Å². The van der Waals surface area contributed by atoms with Crippen molar-refractivity contribution < 1.29 is 4.42 Å². The van der Waals surface area contributed by atoms with Crippen molar-refractivity contribution in [1.29, 1.82) is 0 Å². The van der Waals surface area contributed by atoms with Crippen molar-refractivity contribution >= 4 is 23.0 Å². The maximum Gasteiger partial charge on any atom is 0.174 e. The van der Waals surface area contributed by atoms with Gasteiger partial charge in [-0.3, -0.25) is 4.98 Å². The number of hydrogen-bond acceptors (Lipinski definition) is 3. The van der Waals surface area contributed by atoms with E-state index in [1.165, 1.54) is 11.1 Å². The lowest BCUT2D eigenvalue weighted by Crippen LogP contribution is -2.29. The van der Waals surface area contributed by atoms with Crippen molar-refractivity contribution in [2.24, 2.45) is 0 Å². The third kappa shape index (κ3) is 2.91. The van der Waals surface area contributed by atoms with Gasteiger partial charge in [0.1, 0.15) is 11.8 Å². The Balaban J connectivity index is 1.83. The van der Waals surface area contributed by atoms with E-state index in [2.05, 4.69) is 47.2 Å². The third-order valence-corrected chi connectivity index (χ3v) is 4.73. The molecule has 0 amide bonds. The maximum atomic E-state index is 5.76. The highest BCUT2D eigenvalue weighted by Crippen LogP contribution is 2.41. The Bertz CT molecular complexity index is 872. The molecule has 3 aromatic rings. The third-order valence-electron chi connectivity index (χ3n) is 4.42. The van der Waals surface area contributed by atoms with Crippen molar-refractivity contribution in [3.05, 3.63) is 83.6 Å². The number of furan rings is 1. The quantitative estimate of drug-likeness (QED) is 0.707. The molecular weight excluding hydrogens is 330 g/mol. The summed E-state index contributed by atoms with van der Waals surface area (Å²) in [5, 5.41) is 4.11. The second kappa shape index (κ2) is 6.33. The van der Waals surface area contributed by atoms with Crippen LogP contribution in [0.4, 0.5) is 5.69 Å². The highest BCUT2D eigenvalue weighted by atomic mass is 32.1. The van der Waals surface area contributed by atoms with E-state index in [-0.39, 0.29) is 12.1 Å². The Hall–Kier alpha value is -2.66. The Kier molecular flexibility index (Phi) is 4.01. The van der Waals surface area contributed by atoms with Gasteiger partial charge in [0.15, 0.2) is 5.11 Å². The van der Waals surface area contributed by atoms with Gasteiger partial charge in [0.25, 0.3) is 0 Å². The number of aryl methyl sites for hydroxylation is 2. The molecule has 0 radical (unpaired) electrons. The second-order valence-electron chi connectivity index (χ2n) is 6.36. The first-order valence-electron chi connectivity index (χ1n) is 8.26. The molecule has 1 fully saturated rings. The molecule has 126 valence electrons. The van der Waals surface area contributed by atoms with Gasteiger partial charge in [-0.05, 0) is 73.6 Å². The standard InChI is InChI=1S/C20H19N3OS/c1-13-10-14(2)12-15(11-13)23-19(17-7-5-9-24-17)18(22-20(23)25)16-6-3-4-8-21-16/h3-12,18-19H,1-2H3,(H,22,25)/t18-,19+/m1/s1. The van der Waals surface area contributed by atoms with E-state index in [0.717, 1.165) is 17.1 Å². The van der Waals surface area contributed by atoms with Gasteiger partial charge < -0.3 is 14.6 Å². The zero-order valence-electron chi connectivity index (χ0n) is 14.1. The first-order chi connectivity index (χ1) is 12.1. The zero-order chi connectivity index (χ0) is 17.4. The van der Waals surface area contributed by atoms with Gasteiger partial charge in [-0.2, -0.15) is 0 Å². The first-order valence-corrected chi connectivity index (χ1v) is 8.66. The van der Waals surface area contributed by atoms with E-state index in [4.69, 9.17) is 16.6 Å². The van der Waals surface area contributed by atoms with Gasteiger partial charge in [-0.25, -0.2) is 0 Å². The molecule has 5 heteroatoms. The predicted octanol–water partition coefficient (Wildman–Crippen LogP) is 4.47. The number of hydrogen-bond donors (Lipinski definition) is 1. The number of rotatable bonds is 3. The number of nitrogens with zero attached hydrogens (tertiary/aromatic N) is 2. The molecular formula is C20H19N3OS. The Morgan fingerprint density at radius 2 is 1.88 bits per heavy atom. The minimum atomic E-state index is -0.0846. The smallest absolute Gasteiger partial charge is 0.174 e. The summed E-state index contributed by atoms with van der Waals surface area (Å²) in [4.78, 5) is 6.66. The molecule has 0 saturated carbocycles. The average molecular weight is 349 g/mol. The predicted molar refractivity (Wildman–Crippen MR) is 103 cm³/mol. The van der Waals surface area contributed by atoms with Gasteiger partial charge >= 0.3 is 0 Å². The van der Waals surface area contributed by atoms with Crippen LogP contribution in [0.5, 0.6) is 0 Å². The largest absolute Gasteiger partial charge is 0.467 e. The van der Waals surface area contributed by atoms with Gasteiger partial charge in [0.05, 0.1) is 18.0 Å². The molecule has 2 aromatic heterocycles. The highest BCUT2D eigenvalue weighted by Gasteiger charge is 2.42. The van der Waals surface area contributed by atoms with Crippen LogP contribution in [0.2, 0.25) is 0 Å². The molecule has 1 saturated heterocycles. The highest BCUT2D eigenvalue weighted by molar-refractivity contribution is 7.80. The Morgan fingerprint density at radius 3 is 2.52 bits per heavy atom. The Morgan fingerprint density at radius 1 is 1.08 bits per heavy atom. The Labute approximate surface area is 152 Å². The molecule has 0 aliphatic carbocycles. The van der Waals surface area contributed by atoms with Gasteiger partial charge in [-0.15, -0.1) is 0 Å². The summed E-state index contributed by atoms with van der Waals surface area (Å²) in [5.74, 6) is 0.863. The normalized spacial score (nSPS) is 19.9. The molecule has 0 unspecified atom stereocenters. The number of benzene rings is 1. The molecule has 0 spiro atoms. The molecule has 1 aliphatic heterocycles. The summed E-state index contributed by atoms with van der Waals surface area (Å²) < 4.78 is 5.76. The minimum Gasteiger partial charge on any atom is -0.467 e. The summed E-state index contributed by atoms with van der Waals surface area (Å²) in [6.07, 6.45) is 3.50. The molecule has 1 N–H and O–H groups in total. The van der Waals surface area contributed by atoms with E-state index in [1.54, 1.807) is 12.5 Å². The number of nitrogens with one attached hydrogen (secondary N) is 1. The minimum absolute atomic E-state index is 0.0688. The first kappa shape index (κ1) is 15.8. The van der Waals surface area contributed by atoms with E-state index in [1.807, 2.05) is 30.3 Å². The number of thiocarbonyl (C=S) groups is 1. The van der Waals surface area contributed by atoms with Crippen LogP contribution in [0.3, 0.4) is 0 Å². The topological polar surface area (TPSA) is 41.3 Å². The van der Waals surface area contributed by atoms with Crippen LogP contribution in [0.1, 0.15) is 34.7 Å². The molecule has 0 bridgehead atoms. The van der Waals surface area contributed by atoms with Crippen molar-refractivity contribution in [3.63, 3.8) is 0 Å². The number of anilines is 1. The van der Waals surface area contributed by atoms with E-state index >= 15 is 0 Å². The van der Waals surface area contributed by atoms with Crippen LogP contribution >= 0.6 is 12.2 Å². The summed E-state index contributed by atoms with van der Waals surface area (Å²) in [6.45, 7) is 4.20. The average Bonchev–Trinajstić information content (AvgIpc) is 3.22. The van der Waals surface area contributed by atoms with Gasteiger partial charge in [0.2, 0.25) is 0 Å². The summed E-state index contributed by atoms with van der Waals surface area (Å²) in [7, 11) is 0. The fourth-order valence-corrected chi connectivity index (χ4v) is 3.82. The fraction of sp³-hybridized carbons (Fsp3) is 0.200. The van der Waals surface area contributed by atoms with Crippen LogP contribution in [0.15, 0.2) is 65.4 Å². The van der Waals surface area contributed by atoms with Crippen molar-refractivity contribution in [2.75, 3.05) is 4.90 Å². The summed E-state index contributed by atoms with van der Waals surface area (Å²) in [6, 6.07) is 16.1. The van der Waals surface area contributed by atoms with Crippen molar-refractivity contribution in [3.8, 4) is 0 Å². The van der Waals surface area contributed by atoms with E-state index in [0.29, 0.717) is 5.11 Å². The maximum absolute atomic E-state index is 5.76. The van der Waals surface area contributed by atoms with Crippen molar-refractivity contribution in [2.45, 2.75) is 25.9 Å². The second-order valence-corrected chi connectivity index (χ2v) is 6.74. The molecule has 4 rings (SSSR count). The lowest BCUT2D eigenvalue weighted by molar-refractivity contribution is 0.432. The fourth-order valence-electron chi connectivity index (χ4n) is 3.47. The van der Waals surface area contributed by atoms with Crippen LogP contribution in [0.25, 0.3) is 0 Å². The zero-order valence-corrected chi connectivity index (χ0v) is 15.0. The molecule has 3 heterocycles. The van der Waals surface area contributed by atoms with Crippen LogP contribution in [-0.4, -0.2) is 10.1 Å². The van der Waals surface area contributed by atoms with Crippen LogP contribution in [-0.2, 0) is 0 Å². The van der Waals surface area contributed by atoms with Gasteiger partial charge in [0, 0.05) is 11.9 Å². The molecule has 1 aromatic carbocycles. The van der Waals surface area contributed by atoms with Crippen LogP contribution in [0, 0.1) is 13.8 Å². The van der Waals surface area contributed by atoms with E-state index in [9.17, 15) is 0 Å². The lowest BCUT2D eigenvalue weighted by Gasteiger charge is -2.26. The van der Waals surface area contributed by atoms with Gasteiger partial charge in [-0.1, -0.05) is 12.1 Å². The molecule has 1 aliphatic rings.